The van der Waals surface area contributed by atoms with Gasteiger partial charge in [-0.2, -0.15) is 0 Å². The van der Waals surface area contributed by atoms with E-state index in [0.29, 0.717) is 43.6 Å². The molecule has 7 nitrogen and oxygen atoms in total. The van der Waals surface area contributed by atoms with Gasteiger partial charge in [0.2, 0.25) is 0 Å². The van der Waals surface area contributed by atoms with Crippen LogP contribution in [0.1, 0.15) is 15.2 Å². The molecule has 0 aliphatic carbocycles. The number of aromatic nitrogens is 2. The molecule has 0 radical (unpaired) electrons. The van der Waals surface area contributed by atoms with Crippen LogP contribution in [0.15, 0.2) is 79.1 Å². The molecule has 0 aliphatic heterocycles. The lowest BCUT2D eigenvalue weighted by Gasteiger charge is -2.09. The van der Waals surface area contributed by atoms with Crippen molar-refractivity contribution in [2.75, 3.05) is 16.4 Å². The zero-order valence-corrected chi connectivity index (χ0v) is 19.4. The fraction of sp³-hybridized carbons (Fsp3) is 0.0385. The highest BCUT2D eigenvalue weighted by atomic mass is 32.1. The number of para-hydroxylation sites is 1. The SMILES string of the molecule is Cc1cc(Nc2ncnc3sc(C(=O)Nc4ccc(Oc5ccccc5)cc4)c(N)c23)ccc1F. The van der Waals surface area contributed by atoms with Gasteiger partial charge >= 0.3 is 0 Å². The van der Waals surface area contributed by atoms with Crippen molar-refractivity contribution in [3.8, 4) is 11.5 Å². The average molecular weight is 486 g/mol. The third-order valence-corrected chi connectivity index (χ3v) is 6.36. The number of carbonyl (C=O) groups excluding carboxylic acids is 1. The number of benzene rings is 3. The van der Waals surface area contributed by atoms with Crippen LogP contribution in [-0.2, 0) is 0 Å². The third kappa shape index (κ3) is 4.75. The molecule has 0 unspecified atom stereocenters. The zero-order chi connectivity index (χ0) is 24.4. The van der Waals surface area contributed by atoms with Gasteiger partial charge < -0.3 is 21.1 Å². The Bertz CT molecular complexity index is 1520. The lowest BCUT2D eigenvalue weighted by Crippen LogP contribution is -2.12. The van der Waals surface area contributed by atoms with E-state index in [1.807, 2.05) is 30.3 Å². The number of aryl methyl sites for hydroxylation is 1. The number of fused-ring (bicyclic) bond motifs is 1. The summed E-state index contributed by atoms with van der Waals surface area (Å²) in [5, 5.41) is 6.54. The second-order valence-corrected chi connectivity index (χ2v) is 8.73. The van der Waals surface area contributed by atoms with Gasteiger partial charge in [-0.05, 0) is 67.1 Å². The van der Waals surface area contributed by atoms with Crippen molar-refractivity contribution in [2.24, 2.45) is 0 Å². The molecule has 0 aliphatic rings. The van der Waals surface area contributed by atoms with E-state index in [2.05, 4.69) is 20.6 Å². The number of thiophene rings is 1. The predicted octanol–water partition coefficient (Wildman–Crippen LogP) is 6.51. The summed E-state index contributed by atoms with van der Waals surface area (Å²) in [5.74, 6) is 1.17. The van der Waals surface area contributed by atoms with Crippen molar-refractivity contribution in [3.05, 3.63) is 95.4 Å². The summed E-state index contributed by atoms with van der Waals surface area (Å²) in [6.07, 6.45) is 1.39. The number of hydrogen-bond acceptors (Lipinski definition) is 7. The molecule has 0 fully saturated rings. The molecular formula is C26H20FN5O2S. The van der Waals surface area contributed by atoms with Crippen LogP contribution in [0, 0.1) is 12.7 Å². The Morgan fingerprint density at radius 1 is 0.971 bits per heavy atom. The van der Waals surface area contributed by atoms with Gasteiger partial charge in [0.05, 0.1) is 11.1 Å². The van der Waals surface area contributed by atoms with Crippen LogP contribution in [0.3, 0.4) is 0 Å². The quantitative estimate of drug-likeness (QED) is 0.253. The van der Waals surface area contributed by atoms with E-state index in [9.17, 15) is 9.18 Å². The van der Waals surface area contributed by atoms with Crippen LogP contribution in [-0.4, -0.2) is 15.9 Å². The minimum absolute atomic E-state index is 0.272. The van der Waals surface area contributed by atoms with E-state index >= 15 is 0 Å². The Labute approximate surface area is 204 Å². The van der Waals surface area contributed by atoms with Gasteiger partial charge in [-0.1, -0.05) is 18.2 Å². The topological polar surface area (TPSA) is 102 Å². The Morgan fingerprint density at radius 2 is 1.69 bits per heavy atom. The summed E-state index contributed by atoms with van der Waals surface area (Å²) in [6.45, 7) is 1.68. The number of hydrogen-bond donors (Lipinski definition) is 3. The number of nitrogens with two attached hydrogens (primary N) is 1. The van der Waals surface area contributed by atoms with Crippen molar-refractivity contribution >= 4 is 50.3 Å². The molecule has 1 amide bonds. The molecule has 3 aromatic carbocycles. The molecule has 174 valence electrons. The molecule has 4 N–H and O–H groups in total. The largest absolute Gasteiger partial charge is 0.457 e. The first-order chi connectivity index (χ1) is 17.0. The lowest BCUT2D eigenvalue weighted by atomic mass is 10.2. The summed E-state index contributed by atoms with van der Waals surface area (Å²) >= 11 is 1.17. The number of nitrogen functional groups attached to an aromatic ring is 1. The average Bonchev–Trinajstić information content (AvgIpc) is 3.21. The van der Waals surface area contributed by atoms with Gasteiger partial charge in [-0.15, -0.1) is 11.3 Å². The number of nitrogens with one attached hydrogen (secondary N) is 2. The molecule has 0 bridgehead atoms. The molecule has 0 saturated carbocycles. The van der Waals surface area contributed by atoms with E-state index in [-0.39, 0.29) is 17.4 Å². The van der Waals surface area contributed by atoms with Crippen molar-refractivity contribution in [2.45, 2.75) is 6.92 Å². The molecule has 0 saturated heterocycles. The summed E-state index contributed by atoms with van der Waals surface area (Å²) in [5.41, 5.74) is 8.38. The van der Waals surface area contributed by atoms with E-state index in [1.165, 1.54) is 23.7 Å². The summed E-state index contributed by atoms with van der Waals surface area (Å²) in [4.78, 5) is 22.4. The molecule has 5 rings (SSSR count). The Hall–Kier alpha value is -4.50. The lowest BCUT2D eigenvalue weighted by molar-refractivity contribution is 0.103. The van der Waals surface area contributed by atoms with Crippen LogP contribution in [0.5, 0.6) is 11.5 Å². The van der Waals surface area contributed by atoms with Crippen LogP contribution in [0.2, 0.25) is 0 Å². The first-order valence-corrected chi connectivity index (χ1v) is 11.5. The summed E-state index contributed by atoms with van der Waals surface area (Å²) < 4.78 is 19.4. The van der Waals surface area contributed by atoms with Crippen molar-refractivity contribution in [1.82, 2.24) is 9.97 Å². The second-order valence-electron chi connectivity index (χ2n) is 7.73. The maximum Gasteiger partial charge on any atom is 0.267 e. The maximum absolute atomic E-state index is 13.6. The summed E-state index contributed by atoms with van der Waals surface area (Å²) in [7, 11) is 0. The van der Waals surface area contributed by atoms with E-state index < -0.39 is 0 Å². The maximum atomic E-state index is 13.6. The number of nitrogens with zero attached hydrogens (tertiary/aromatic N) is 2. The monoisotopic (exact) mass is 485 g/mol. The molecule has 2 heterocycles. The highest BCUT2D eigenvalue weighted by Gasteiger charge is 2.20. The standard InChI is InChI=1S/C26H20FN5O2S/c1-15-13-17(9-12-20(15)27)31-24-21-22(28)23(35-26(21)30-14-29-24)25(33)32-16-7-10-19(11-8-16)34-18-5-3-2-4-6-18/h2-14H,28H2,1H3,(H,32,33)(H,29,30,31). The fourth-order valence-corrected chi connectivity index (χ4v) is 4.45. The highest BCUT2D eigenvalue weighted by Crippen LogP contribution is 2.37. The zero-order valence-electron chi connectivity index (χ0n) is 18.6. The third-order valence-electron chi connectivity index (χ3n) is 5.24. The minimum atomic E-state index is -0.356. The van der Waals surface area contributed by atoms with Gasteiger partial charge in [0.1, 0.15) is 39.2 Å². The summed E-state index contributed by atoms with van der Waals surface area (Å²) in [6, 6.07) is 21.1. The van der Waals surface area contributed by atoms with Gasteiger partial charge in [-0.3, -0.25) is 4.79 Å². The molecular weight excluding hydrogens is 465 g/mol. The Balaban J connectivity index is 1.36. The molecule has 9 heteroatoms. The highest BCUT2D eigenvalue weighted by molar-refractivity contribution is 7.21. The van der Waals surface area contributed by atoms with Crippen LogP contribution in [0.4, 0.5) is 27.3 Å². The molecule has 35 heavy (non-hydrogen) atoms. The molecule has 5 aromatic rings. The molecule has 2 aromatic heterocycles. The van der Waals surface area contributed by atoms with E-state index in [1.54, 1.807) is 43.3 Å². The van der Waals surface area contributed by atoms with E-state index in [4.69, 9.17) is 10.5 Å². The first-order valence-electron chi connectivity index (χ1n) is 10.7. The van der Waals surface area contributed by atoms with Gasteiger partial charge in [0.25, 0.3) is 5.91 Å². The normalized spacial score (nSPS) is 10.8. The molecule has 0 atom stereocenters. The van der Waals surface area contributed by atoms with Crippen LogP contribution >= 0.6 is 11.3 Å². The van der Waals surface area contributed by atoms with Crippen molar-refractivity contribution < 1.29 is 13.9 Å². The van der Waals surface area contributed by atoms with Gasteiger partial charge in [-0.25, -0.2) is 14.4 Å². The van der Waals surface area contributed by atoms with Crippen molar-refractivity contribution in [3.63, 3.8) is 0 Å². The fourth-order valence-electron chi connectivity index (χ4n) is 3.50. The number of rotatable bonds is 6. The number of ether oxygens (including phenoxy) is 1. The van der Waals surface area contributed by atoms with Crippen molar-refractivity contribution in [1.29, 1.82) is 0 Å². The van der Waals surface area contributed by atoms with Gasteiger partial charge in [0, 0.05) is 11.4 Å². The van der Waals surface area contributed by atoms with Gasteiger partial charge in [0.15, 0.2) is 0 Å². The Kier molecular flexibility index (Phi) is 5.99. The Morgan fingerprint density at radius 3 is 2.43 bits per heavy atom. The number of amides is 1. The number of anilines is 4. The van der Waals surface area contributed by atoms with Crippen LogP contribution in [0.25, 0.3) is 10.2 Å². The molecule has 0 spiro atoms. The van der Waals surface area contributed by atoms with Crippen LogP contribution < -0.4 is 21.1 Å². The number of halogens is 1. The minimum Gasteiger partial charge on any atom is -0.457 e. The predicted molar refractivity (Wildman–Crippen MR) is 137 cm³/mol. The smallest absolute Gasteiger partial charge is 0.267 e. The number of carbonyl (C=O) groups is 1. The second kappa shape index (κ2) is 9.40. The van der Waals surface area contributed by atoms with E-state index in [0.717, 1.165) is 5.75 Å². The first kappa shape index (κ1) is 22.3.